The number of thiazole rings is 1. The van der Waals surface area contributed by atoms with E-state index in [1.165, 1.54) is 11.3 Å². The van der Waals surface area contributed by atoms with Gasteiger partial charge in [0.25, 0.3) is 0 Å². The first-order valence-corrected chi connectivity index (χ1v) is 9.49. The van der Waals surface area contributed by atoms with Gasteiger partial charge in [0.2, 0.25) is 11.8 Å². The predicted molar refractivity (Wildman–Crippen MR) is 97.3 cm³/mol. The topological polar surface area (TPSA) is 72.3 Å². The fourth-order valence-corrected chi connectivity index (χ4v) is 4.67. The highest BCUT2D eigenvalue weighted by atomic mass is 32.1. The van der Waals surface area contributed by atoms with Crippen molar-refractivity contribution in [1.82, 2.24) is 14.5 Å². The first kappa shape index (κ1) is 16.9. The molecule has 7 heteroatoms. The predicted octanol–water partition coefficient (Wildman–Crippen LogP) is 2.68. The molecule has 0 unspecified atom stereocenters. The monoisotopic (exact) mass is 369 g/mol. The van der Waals surface area contributed by atoms with Gasteiger partial charge in [-0.3, -0.25) is 23.9 Å². The van der Waals surface area contributed by atoms with Gasteiger partial charge < -0.3 is 0 Å². The minimum Gasteiger partial charge on any atom is -0.294 e. The Balaban J connectivity index is 1.59. The van der Waals surface area contributed by atoms with Crippen LogP contribution in [-0.2, 0) is 9.59 Å². The van der Waals surface area contributed by atoms with Gasteiger partial charge in [0.1, 0.15) is 0 Å². The van der Waals surface area contributed by atoms with Gasteiger partial charge in [0.15, 0.2) is 10.9 Å². The minimum absolute atomic E-state index is 0.188. The summed E-state index contributed by atoms with van der Waals surface area (Å²) in [5.41, 5.74) is 2.21. The maximum atomic E-state index is 12.9. The lowest BCUT2D eigenvalue weighted by Gasteiger charge is -2.14. The molecule has 1 saturated heterocycles. The number of carbonyl (C=O) groups is 3. The van der Waals surface area contributed by atoms with Crippen LogP contribution in [0.2, 0.25) is 0 Å². The van der Waals surface area contributed by atoms with Crippen LogP contribution in [-0.4, -0.2) is 38.6 Å². The van der Waals surface area contributed by atoms with Crippen molar-refractivity contribution in [2.24, 2.45) is 11.8 Å². The Kier molecular flexibility index (Phi) is 4.11. The number of amides is 2. The first-order valence-electron chi connectivity index (χ1n) is 8.61. The molecule has 3 heterocycles. The first-order chi connectivity index (χ1) is 12.5. The van der Waals surface area contributed by atoms with Gasteiger partial charge >= 0.3 is 0 Å². The molecule has 2 amide bonds. The lowest BCUT2D eigenvalue weighted by atomic mass is 9.85. The maximum absolute atomic E-state index is 12.9. The summed E-state index contributed by atoms with van der Waals surface area (Å²) in [4.78, 5) is 43.4. The molecule has 134 valence electrons. The van der Waals surface area contributed by atoms with Crippen molar-refractivity contribution in [3.63, 3.8) is 0 Å². The lowest BCUT2D eigenvalue weighted by Crippen LogP contribution is -2.36. The van der Waals surface area contributed by atoms with Crippen molar-refractivity contribution >= 4 is 28.9 Å². The number of aromatic nitrogens is 2. The Hall–Kier alpha value is -2.54. The second kappa shape index (κ2) is 6.32. The number of fused-ring (bicyclic) bond motifs is 1. The minimum atomic E-state index is -0.303. The summed E-state index contributed by atoms with van der Waals surface area (Å²) < 4.78 is 1.93. The molecule has 1 aliphatic carbocycles. The third-order valence-corrected chi connectivity index (χ3v) is 6.00. The van der Waals surface area contributed by atoms with Crippen molar-refractivity contribution in [3.05, 3.63) is 46.7 Å². The number of rotatable bonds is 4. The van der Waals surface area contributed by atoms with Crippen molar-refractivity contribution in [3.8, 4) is 5.13 Å². The second-order valence-electron chi connectivity index (χ2n) is 6.78. The summed E-state index contributed by atoms with van der Waals surface area (Å²) in [7, 11) is 0. The van der Waals surface area contributed by atoms with Gasteiger partial charge in [0.05, 0.1) is 18.4 Å². The SMILES string of the molecule is Cc1cc(C(=O)CN2C(=O)[C@@H]3CC=CC[C@H]3C2=O)c(C)n1-c1nccs1. The summed E-state index contributed by atoms with van der Waals surface area (Å²) in [6.45, 7) is 3.59. The number of likely N-dealkylation sites (tertiary alicyclic amines) is 1. The number of nitrogens with zero attached hydrogens (tertiary/aromatic N) is 3. The third kappa shape index (κ3) is 2.54. The van der Waals surface area contributed by atoms with E-state index in [1.54, 1.807) is 12.3 Å². The number of hydrogen-bond donors (Lipinski definition) is 0. The number of imide groups is 1. The molecule has 1 fully saturated rings. The molecule has 0 N–H and O–H groups in total. The van der Waals surface area contributed by atoms with Crippen LogP contribution in [0.15, 0.2) is 29.8 Å². The van der Waals surface area contributed by atoms with E-state index in [0.29, 0.717) is 18.4 Å². The number of Topliss-reactive ketones (excluding diaryl/α,β-unsaturated/α-hetero) is 1. The number of allylic oxidation sites excluding steroid dienone is 2. The number of hydrogen-bond acceptors (Lipinski definition) is 5. The zero-order chi connectivity index (χ0) is 18.4. The third-order valence-electron chi connectivity index (χ3n) is 5.24. The van der Waals surface area contributed by atoms with Gasteiger partial charge in [-0.15, -0.1) is 11.3 Å². The Bertz CT molecular complexity index is 900. The largest absolute Gasteiger partial charge is 0.294 e. The Morgan fingerprint density at radius 1 is 1.19 bits per heavy atom. The average Bonchev–Trinajstić information content (AvgIpc) is 3.31. The molecule has 0 bridgehead atoms. The number of ketones is 1. The molecule has 2 aromatic rings. The lowest BCUT2D eigenvalue weighted by molar-refractivity contribution is -0.139. The molecule has 4 rings (SSSR count). The average molecular weight is 369 g/mol. The van der Waals surface area contributed by atoms with Gasteiger partial charge in [0, 0.05) is 28.5 Å². The van der Waals surface area contributed by atoms with E-state index in [4.69, 9.17) is 0 Å². The van der Waals surface area contributed by atoms with Crippen LogP contribution in [0.3, 0.4) is 0 Å². The Labute approximate surface area is 155 Å². The van der Waals surface area contributed by atoms with Gasteiger partial charge in [-0.1, -0.05) is 12.2 Å². The van der Waals surface area contributed by atoms with E-state index in [1.807, 2.05) is 35.9 Å². The molecule has 1 aliphatic heterocycles. The number of aryl methyl sites for hydroxylation is 1. The molecule has 0 spiro atoms. The van der Waals surface area contributed by atoms with Crippen molar-refractivity contribution < 1.29 is 14.4 Å². The van der Waals surface area contributed by atoms with Gasteiger partial charge in [-0.2, -0.15) is 0 Å². The molecule has 2 aliphatic rings. The summed E-state index contributed by atoms with van der Waals surface area (Å²) in [6.07, 6.45) is 6.77. The maximum Gasteiger partial charge on any atom is 0.233 e. The highest BCUT2D eigenvalue weighted by molar-refractivity contribution is 7.12. The molecule has 0 aromatic carbocycles. The quantitative estimate of drug-likeness (QED) is 0.472. The van der Waals surface area contributed by atoms with Crippen LogP contribution in [0.5, 0.6) is 0 Å². The highest BCUT2D eigenvalue weighted by Gasteiger charge is 2.47. The molecule has 26 heavy (non-hydrogen) atoms. The van der Waals surface area contributed by atoms with E-state index in [0.717, 1.165) is 21.4 Å². The molecular weight excluding hydrogens is 350 g/mol. The van der Waals surface area contributed by atoms with Gasteiger partial charge in [-0.05, 0) is 32.8 Å². The highest BCUT2D eigenvalue weighted by Crippen LogP contribution is 2.35. The smallest absolute Gasteiger partial charge is 0.233 e. The zero-order valence-electron chi connectivity index (χ0n) is 14.6. The van der Waals surface area contributed by atoms with Crippen LogP contribution in [0.4, 0.5) is 0 Å². The summed E-state index contributed by atoms with van der Waals surface area (Å²) >= 11 is 1.49. The molecule has 0 saturated carbocycles. The van der Waals surface area contributed by atoms with Crippen LogP contribution in [0.1, 0.15) is 34.6 Å². The normalized spacial score (nSPS) is 22.2. The molecule has 2 aromatic heterocycles. The molecular formula is C19H19N3O3S. The van der Waals surface area contributed by atoms with Gasteiger partial charge in [-0.25, -0.2) is 4.98 Å². The summed E-state index contributed by atoms with van der Waals surface area (Å²) in [5, 5.41) is 2.68. The fraction of sp³-hybridized carbons (Fsp3) is 0.368. The Morgan fingerprint density at radius 2 is 1.85 bits per heavy atom. The van der Waals surface area contributed by atoms with Crippen molar-refractivity contribution in [2.75, 3.05) is 6.54 Å². The van der Waals surface area contributed by atoms with E-state index in [-0.39, 0.29) is 36.0 Å². The van der Waals surface area contributed by atoms with Crippen LogP contribution in [0.25, 0.3) is 5.13 Å². The van der Waals surface area contributed by atoms with E-state index < -0.39 is 0 Å². The molecule has 6 nitrogen and oxygen atoms in total. The standard InChI is InChI=1S/C19H19N3O3S/c1-11-9-15(12(2)22(11)19-20-7-8-26-19)16(23)10-21-17(24)13-5-3-4-6-14(13)18(21)25/h3-4,7-9,13-14H,5-6,10H2,1-2H3/t13-,14-/m1/s1. The van der Waals surface area contributed by atoms with Crippen LogP contribution in [0, 0.1) is 25.7 Å². The van der Waals surface area contributed by atoms with Crippen molar-refractivity contribution in [2.45, 2.75) is 26.7 Å². The van der Waals surface area contributed by atoms with E-state index in [9.17, 15) is 14.4 Å². The van der Waals surface area contributed by atoms with E-state index >= 15 is 0 Å². The summed E-state index contributed by atoms with van der Waals surface area (Å²) in [6, 6.07) is 1.80. The zero-order valence-corrected chi connectivity index (χ0v) is 15.5. The van der Waals surface area contributed by atoms with Crippen LogP contribution >= 0.6 is 11.3 Å². The fourth-order valence-electron chi connectivity index (χ4n) is 3.92. The second-order valence-corrected chi connectivity index (χ2v) is 7.65. The Morgan fingerprint density at radius 3 is 2.42 bits per heavy atom. The molecule has 2 atom stereocenters. The summed E-state index contributed by atoms with van der Waals surface area (Å²) in [5.74, 6) is -1.25. The van der Waals surface area contributed by atoms with Crippen molar-refractivity contribution in [1.29, 1.82) is 0 Å². The van der Waals surface area contributed by atoms with E-state index in [2.05, 4.69) is 4.98 Å². The number of carbonyl (C=O) groups excluding carboxylic acids is 3. The molecule has 0 radical (unpaired) electrons. The van der Waals surface area contributed by atoms with Crippen LogP contribution < -0.4 is 0 Å².